The van der Waals surface area contributed by atoms with Crippen molar-refractivity contribution in [3.8, 4) is 17.4 Å². The third-order valence-electron chi connectivity index (χ3n) is 5.95. The zero-order valence-electron chi connectivity index (χ0n) is 20.1. The number of aromatic nitrogens is 4. The molecule has 1 N–H and O–H groups in total. The highest BCUT2D eigenvalue weighted by molar-refractivity contribution is 6.29. The quantitative estimate of drug-likeness (QED) is 0.447. The topological polar surface area (TPSA) is 97.6 Å². The normalized spacial score (nSPS) is 16.2. The number of hydrogen-bond acceptors (Lipinski definition) is 8. The molecule has 1 aliphatic heterocycles. The lowest BCUT2D eigenvalue weighted by Crippen LogP contribution is -2.54. The number of likely N-dealkylation sites (N-methyl/N-ethyl adjacent to an activating group) is 1. The lowest BCUT2D eigenvalue weighted by molar-refractivity contribution is -0.121. The number of halogens is 1. The lowest BCUT2D eigenvalue weighted by Gasteiger charge is -2.40. The number of hydrogen-bond donors (Lipinski definition) is 1. The smallest absolute Gasteiger partial charge is 0.238 e. The average molecular weight is 500 g/mol. The fraction of sp³-hybridized carbons (Fsp3) is 0.417. The van der Waals surface area contributed by atoms with Gasteiger partial charge in [-0.2, -0.15) is 4.98 Å². The molecule has 186 valence electrons. The van der Waals surface area contributed by atoms with Gasteiger partial charge in [0.25, 0.3) is 0 Å². The van der Waals surface area contributed by atoms with Crippen molar-refractivity contribution in [2.75, 3.05) is 52.3 Å². The van der Waals surface area contributed by atoms with Crippen LogP contribution in [0.15, 0.2) is 43.0 Å². The second-order valence-electron chi connectivity index (χ2n) is 8.45. The van der Waals surface area contributed by atoms with E-state index in [1.165, 1.54) is 0 Å². The number of carbonyl (C=O) groups is 1. The van der Waals surface area contributed by atoms with Crippen molar-refractivity contribution in [2.45, 2.75) is 18.9 Å². The number of methoxy groups -OCH3 is 2. The molecule has 10 nitrogen and oxygen atoms in total. The lowest BCUT2D eigenvalue weighted by atomic mass is 10.1. The second kappa shape index (κ2) is 11.4. The molecule has 0 radical (unpaired) electrons. The molecule has 3 aromatic rings. The van der Waals surface area contributed by atoms with Crippen LogP contribution in [0.3, 0.4) is 0 Å². The van der Waals surface area contributed by atoms with Crippen molar-refractivity contribution in [3.05, 3.63) is 53.7 Å². The number of anilines is 1. The van der Waals surface area contributed by atoms with Crippen LogP contribution < -0.4 is 19.7 Å². The number of piperazine rings is 1. The molecule has 1 amide bonds. The summed E-state index contributed by atoms with van der Waals surface area (Å²) >= 11 is 6.32. The van der Waals surface area contributed by atoms with Crippen molar-refractivity contribution in [2.24, 2.45) is 0 Å². The Kier molecular flexibility index (Phi) is 8.04. The average Bonchev–Trinajstić information content (AvgIpc) is 3.38. The third kappa shape index (κ3) is 6.40. The van der Waals surface area contributed by atoms with E-state index < -0.39 is 0 Å². The maximum Gasteiger partial charge on any atom is 0.238 e. The van der Waals surface area contributed by atoms with Crippen LogP contribution in [0.1, 0.15) is 12.0 Å². The summed E-state index contributed by atoms with van der Waals surface area (Å²) in [5.41, 5.74) is 1.03. The molecule has 0 saturated carbocycles. The second-order valence-corrected chi connectivity index (χ2v) is 8.84. The molecule has 1 aliphatic rings. The van der Waals surface area contributed by atoms with Gasteiger partial charge in [-0.1, -0.05) is 11.6 Å². The Bertz CT molecular complexity index is 1120. The molecule has 1 aromatic carbocycles. The summed E-state index contributed by atoms with van der Waals surface area (Å²) in [4.78, 5) is 30.3. The summed E-state index contributed by atoms with van der Waals surface area (Å²) in [5, 5.41) is 3.39. The van der Waals surface area contributed by atoms with Gasteiger partial charge < -0.3 is 24.6 Å². The maximum absolute atomic E-state index is 12.9. The molecule has 1 atom stereocenters. The third-order valence-corrected chi connectivity index (χ3v) is 6.15. The highest BCUT2D eigenvalue weighted by Gasteiger charge is 2.29. The van der Waals surface area contributed by atoms with Crippen LogP contribution in [-0.2, 0) is 11.2 Å². The van der Waals surface area contributed by atoms with Gasteiger partial charge in [-0.05, 0) is 31.2 Å². The Morgan fingerprint density at radius 1 is 1.14 bits per heavy atom. The summed E-state index contributed by atoms with van der Waals surface area (Å²) < 4.78 is 12.4. The predicted octanol–water partition coefficient (Wildman–Crippen LogP) is 2.20. The number of ether oxygens (including phenoxy) is 2. The number of benzene rings is 1. The van der Waals surface area contributed by atoms with Crippen molar-refractivity contribution in [1.29, 1.82) is 0 Å². The molecule has 1 unspecified atom stereocenters. The van der Waals surface area contributed by atoms with E-state index in [9.17, 15) is 4.79 Å². The summed E-state index contributed by atoms with van der Waals surface area (Å²) in [6.45, 7) is 2.84. The van der Waals surface area contributed by atoms with E-state index in [2.05, 4.69) is 32.1 Å². The number of nitrogens with zero attached hydrogens (tertiary/aromatic N) is 6. The van der Waals surface area contributed by atoms with Crippen LogP contribution in [0, 0.1) is 0 Å². The van der Waals surface area contributed by atoms with Crippen molar-refractivity contribution in [1.82, 2.24) is 29.7 Å². The standard InChI is InChI=1S/C24H30ClN7O3/c1-30-8-9-32(22-14-21(25)28-24(29-22)31-7-6-26-16-31)18(15-30)12-23(33)27-5-4-17-10-19(34-2)13-20(11-17)35-3/h6-7,10-11,13-14,16,18H,4-5,8-9,12,15H2,1-3H3,(H,27,33). The first-order valence-corrected chi connectivity index (χ1v) is 11.8. The molecule has 35 heavy (non-hydrogen) atoms. The summed E-state index contributed by atoms with van der Waals surface area (Å²) in [6, 6.07) is 7.42. The van der Waals surface area contributed by atoms with Crippen LogP contribution in [-0.4, -0.2) is 83.8 Å². The zero-order valence-corrected chi connectivity index (χ0v) is 20.9. The monoisotopic (exact) mass is 499 g/mol. The maximum atomic E-state index is 12.9. The van der Waals surface area contributed by atoms with E-state index in [4.69, 9.17) is 26.1 Å². The van der Waals surface area contributed by atoms with Gasteiger partial charge in [0.15, 0.2) is 0 Å². The molecule has 0 bridgehead atoms. The van der Waals surface area contributed by atoms with E-state index in [1.54, 1.807) is 43.6 Å². The Morgan fingerprint density at radius 2 is 1.91 bits per heavy atom. The number of imidazole rings is 1. The first-order valence-electron chi connectivity index (χ1n) is 11.4. The number of carbonyl (C=O) groups excluding carboxylic acids is 1. The van der Waals surface area contributed by atoms with Crippen LogP contribution in [0.25, 0.3) is 5.95 Å². The Labute approximate surface area is 209 Å². The summed E-state index contributed by atoms with van der Waals surface area (Å²) in [7, 11) is 5.30. The summed E-state index contributed by atoms with van der Waals surface area (Å²) in [6.07, 6.45) is 6.07. The van der Waals surface area contributed by atoms with Crippen LogP contribution in [0.2, 0.25) is 5.15 Å². The van der Waals surface area contributed by atoms with Gasteiger partial charge in [0.2, 0.25) is 11.9 Å². The highest BCUT2D eigenvalue weighted by Crippen LogP contribution is 2.24. The fourth-order valence-corrected chi connectivity index (χ4v) is 4.34. The molecule has 1 fully saturated rings. The highest BCUT2D eigenvalue weighted by atomic mass is 35.5. The summed E-state index contributed by atoms with van der Waals surface area (Å²) in [5.74, 6) is 2.58. The fourth-order valence-electron chi connectivity index (χ4n) is 4.16. The Morgan fingerprint density at radius 3 is 2.60 bits per heavy atom. The first kappa shape index (κ1) is 24.7. The number of amides is 1. The van der Waals surface area contributed by atoms with Gasteiger partial charge in [-0.15, -0.1) is 0 Å². The van der Waals surface area contributed by atoms with Gasteiger partial charge in [0.05, 0.1) is 20.3 Å². The SMILES string of the molecule is COc1cc(CCNC(=O)CC2CN(C)CCN2c2cc(Cl)nc(-n3ccnc3)n2)cc(OC)c1. The van der Waals surface area contributed by atoms with Gasteiger partial charge in [-0.3, -0.25) is 9.36 Å². The van der Waals surface area contributed by atoms with E-state index in [-0.39, 0.29) is 11.9 Å². The minimum atomic E-state index is -0.0488. The van der Waals surface area contributed by atoms with E-state index in [1.807, 2.05) is 18.2 Å². The van der Waals surface area contributed by atoms with E-state index >= 15 is 0 Å². The molecule has 2 aromatic heterocycles. The predicted molar refractivity (Wildman–Crippen MR) is 134 cm³/mol. The molecule has 11 heteroatoms. The molecule has 0 spiro atoms. The minimum absolute atomic E-state index is 0.0138. The van der Waals surface area contributed by atoms with Crippen LogP contribution >= 0.6 is 11.6 Å². The van der Waals surface area contributed by atoms with E-state index in [0.29, 0.717) is 36.3 Å². The van der Waals surface area contributed by atoms with Crippen LogP contribution in [0.5, 0.6) is 11.5 Å². The van der Waals surface area contributed by atoms with Gasteiger partial charge in [-0.25, -0.2) is 9.97 Å². The minimum Gasteiger partial charge on any atom is -0.497 e. The van der Waals surface area contributed by atoms with Crippen molar-refractivity contribution < 1.29 is 14.3 Å². The van der Waals surface area contributed by atoms with Crippen molar-refractivity contribution in [3.63, 3.8) is 0 Å². The zero-order chi connectivity index (χ0) is 24.8. The molecular formula is C24H30ClN7O3. The molecule has 0 aliphatic carbocycles. The number of rotatable bonds is 9. The Hall–Kier alpha value is -3.37. The molecule has 1 saturated heterocycles. The molecule has 4 rings (SSSR count). The van der Waals surface area contributed by atoms with Crippen LogP contribution in [0.4, 0.5) is 5.82 Å². The van der Waals surface area contributed by atoms with Crippen molar-refractivity contribution >= 4 is 23.3 Å². The van der Waals surface area contributed by atoms with Gasteiger partial charge in [0, 0.05) is 57.1 Å². The Balaban J connectivity index is 1.41. The largest absolute Gasteiger partial charge is 0.497 e. The molecular weight excluding hydrogens is 470 g/mol. The first-order chi connectivity index (χ1) is 16.9. The number of nitrogens with one attached hydrogen (secondary N) is 1. The van der Waals surface area contributed by atoms with E-state index in [0.717, 1.165) is 36.7 Å². The van der Waals surface area contributed by atoms with Gasteiger partial charge >= 0.3 is 0 Å². The molecule has 3 heterocycles. The van der Waals surface area contributed by atoms with Gasteiger partial charge in [0.1, 0.15) is 28.8 Å².